The number of nitrogens with zero attached hydrogens (tertiary/aromatic N) is 2. The standard InChI is InChI=1S/C13H23N3O/c1-2-16-10-12(9-15-16)8-14-7-11-4-3-5-13(17)6-11/h9-11,13-14,17H,2-8H2,1H3. The fourth-order valence-corrected chi connectivity index (χ4v) is 2.54. The predicted octanol–water partition coefficient (Wildman–Crippen LogP) is 1.54. The third kappa shape index (κ3) is 3.82. The van der Waals surface area contributed by atoms with Gasteiger partial charge in [-0.3, -0.25) is 4.68 Å². The normalized spacial score (nSPS) is 25.1. The Balaban J connectivity index is 1.68. The summed E-state index contributed by atoms with van der Waals surface area (Å²) in [4.78, 5) is 0. The molecule has 1 saturated carbocycles. The van der Waals surface area contributed by atoms with Gasteiger partial charge in [0.2, 0.25) is 0 Å². The topological polar surface area (TPSA) is 50.1 Å². The molecule has 0 spiro atoms. The Bertz CT molecular complexity index is 337. The second kappa shape index (κ2) is 6.17. The van der Waals surface area contributed by atoms with E-state index < -0.39 is 0 Å². The molecule has 2 atom stereocenters. The van der Waals surface area contributed by atoms with E-state index in [4.69, 9.17) is 0 Å². The monoisotopic (exact) mass is 237 g/mol. The van der Waals surface area contributed by atoms with Gasteiger partial charge in [0.15, 0.2) is 0 Å². The van der Waals surface area contributed by atoms with E-state index in [0.29, 0.717) is 5.92 Å². The molecule has 96 valence electrons. The lowest BCUT2D eigenvalue weighted by Crippen LogP contribution is -2.28. The van der Waals surface area contributed by atoms with Gasteiger partial charge in [0.25, 0.3) is 0 Å². The molecule has 1 aliphatic rings. The molecular formula is C13H23N3O. The first-order chi connectivity index (χ1) is 8.28. The smallest absolute Gasteiger partial charge is 0.0543 e. The van der Waals surface area contributed by atoms with Crippen molar-refractivity contribution >= 4 is 0 Å². The van der Waals surface area contributed by atoms with Gasteiger partial charge in [-0.2, -0.15) is 5.10 Å². The molecule has 1 aromatic rings. The summed E-state index contributed by atoms with van der Waals surface area (Å²) in [5, 5.41) is 17.3. The van der Waals surface area contributed by atoms with E-state index in [9.17, 15) is 5.11 Å². The van der Waals surface area contributed by atoms with Crippen LogP contribution in [0, 0.1) is 5.92 Å². The van der Waals surface area contributed by atoms with Crippen LogP contribution in [0.2, 0.25) is 0 Å². The Labute approximate surface area is 103 Å². The number of hydrogen-bond acceptors (Lipinski definition) is 3. The molecule has 0 radical (unpaired) electrons. The summed E-state index contributed by atoms with van der Waals surface area (Å²) in [5.74, 6) is 0.639. The Morgan fingerprint density at radius 1 is 1.53 bits per heavy atom. The summed E-state index contributed by atoms with van der Waals surface area (Å²) in [7, 11) is 0. The number of aryl methyl sites for hydroxylation is 1. The van der Waals surface area contributed by atoms with Crippen molar-refractivity contribution in [1.29, 1.82) is 0 Å². The van der Waals surface area contributed by atoms with Crippen molar-refractivity contribution < 1.29 is 5.11 Å². The molecule has 17 heavy (non-hydrogen) atoms. The van der Waals surface area contributed by atoms with Crippen molar-refractivity contribution in [1.82, 2.24) is 15.1 Å². The minimum absolute atomic E-state index is 0.0709. The Kier molecular flexibility index (Phi) is 4.57. The molecule has 4 nitrogen and oxygen atoms in total. The molecule has 4 heteroatoms. The summed E-state index contributed by atoms with van der Waals surface area (Å²) < 4.78 is 1.95. The third-order valence-corrected chi connectivity index (χ3v) is 3.53. The van der Waals surface area contributed by atoms with E-state index in [1.54, 1.807) is 0 Å². The van der Waals surface area contributed by atoms with Gasteiger partial charge in [0.1, 0.15) is 0 Å². The van der Waals surface area contributed by atoms with Crippen LogP contribution in [0.1, 0.15) is 38.2 Å². The van der Waals surface area contributed by atoms with Crippen molar-refractivity contribution in [2.75, 3.05) is 6.54 Å². The second-order valence-corrected chi connectivity index (χ2v) is 5.02. The fraction of sp³-hybridized carbons (Fsp3) is 0.769. The molecule has 2 N–H and O–H groups in total. The maximum absolute atomic E-state index is 9.59. The lowest BCUT2D eigenvalue weighted by molar-refractivity contribution is 0.101. The van der Waals surface area contributed by atoms with Crippen molar-refractivity contribution in [3.05, 3.63) is 18.0 Å². The van der Waals surface area contributed by atoms with Crippen molar-refractivity contribution in [3.63, 3.8) is 0 Å². The molecule has 1 aliphatic carbocycles. The Morgan fingerprint density at radius 2 is 2.41 bits per heavy atom. The highest BCUT2D eigenvalue weighted by Gasteiger charge is 2.19. The number of hydrogen-bond donors (Lipinski definition) is 2. The predicted molar refractivity (Wildman–Crippen MR) is 67.6 cm³/mol. The lowest BCUT2D eigenvalue weighted by Gasteiger charge is -2.25. The summed E-state index contributed by atoms with van der Waals surface area (Å²) in [5.41, 5.74) is 1.24. The molecule has 0 amide bonds. The van der Waals surface area contributed by atoms with Crippen LogP contribution in [-0.4, -0.2) is 27.5 Å². The van der Waals surface area contributed by atoms with E-state index in [-0.39, 0.29) is 6.10 Å². The van der Waals surface area contributed by atoms with Crippen LogP contribution in [0.5, 0.6) is 0 Å². The summed E-state index contributed by atoms with van der Waals surface area (Å²) in [6.45, 7) is 4.91. The molecule has 1 fully saturated rings. The number of aromatic nitrogens is 2. The first-order valence-corrected chi connectivity index (χ1v) is 6.68. The van der Waals surface area contributed by atoms with Crippen molar-refractivity contribution in [3.8, 4) is 0 Å². The van der Waals surface area contributed by atoms with Crippen LogP contribution in [0.3, 0.4) is 0 Å². The maximum atomic E-state index is 9.59. The summed E-state index contributed by atoms with van der Waals surface area (Å²) in [6, 6.07) is 0. The summed E-state index contributed by atoms with van der Waals surface area (Å²) in [6.07, 6.45) is 8.30. The van der Waals surface area contributed by atoms with Gasteiger partial charge in [-0.05, 0) is 38.6 Å². The molecule has 0 bridgehead atoms. The molecule has 1 aromatic heterocycles. The zero-order valence-electron chi connectivity index (χ0n) is 10.6. The third-order valence-electron chi connectivity index (χ3n) is 3.53. The van der Waals surface area contributed by atoms with Gasteiger partial charge < -0.3 is 10.4 Å². The van der Waals surface area contributed by atoms with Gasteiger partial charge in [0.05, 0.1) is 12.3 Å². The minimum Gasteiger partial charge on any atom is -0.393 e. The van der Waals surface area contributed by atoms with Crippen LogP contribution >= 0.6 is 0 Å². The highest BCUT2D eigenvalue weighted by molar-refractivity contribution is 5.03. The first kappa shape index (κ1) is 12.6. The SMILES string of the molecule is CCn1cc(CNCC2CCCC(O)C2)cn1. The lowest BCUT2D eigenvalue weighted by atomic mass is 9.87. The molecule has 2 rings (SSSR count). The number of aliphatic hydroxyl groups excluding tert-OH is 1. The quantitative estimate of drug-likeness (QED) is 0.817. The molecule has 0 saturated heterocycles. The van der Waals surface area contributed by atoms with E-state index in [0.717, 1.165) is 32.5 Å². The van der Waals surface area contributed by atoms with Gasteiger partial charge in [-0.15, -0.1) is 0 Å². The van der Waals surface area contributed by atoms with E-state index in [2.05, 4.69) is 23.5 Å². The second-order valence-electron chi connectivity index (χ2n) is 5.02. The maximum Gasteiger partial charge on any atom is 0.0543 e. The zero-order valence-corrected chi connectivity index (χ0v) is 10.6. The highest BCUT2D eigenvalue weighted by atomic mass is 16.3. The molecule has 2 unspecified atom stereocenters. The number of aliphatic hydroxyl groups is 1. The number of nitrogens with one attached hydrogen (secondary N) is 1. The summed E-state index contributed by atoms with van der Waals surface area (Å²) >= 11 is 0. The Morgan fingerprint density at radius 3 is 3.12 bits per heavy atom. The average Bonchev–Trinajstić information content (AvgIpc) is 2.77. The fourth-order valence-electron chi connectivity index (χ4n) is 2.54. The van der Waals surface area contributed by atoms with Crippen LogP contribution in [0.25, 0.3) is 0 Å². The van der Waals surface area contributed by atoms with Gasteiger partial charge in [-0.1, -0.05) is 6.42 Å². The van der Waals surface area contributed by atoms with Gasteiger partial charge >= 0.3 is 0 Å². The van der Waals surface area contributed by atoms with E-state index >= 15 is 0 Å². The van der Waals surface area contributed by atoms with Crippen molar-refractivity contribution in [2.24, 2.45) is 5.92 Å². The van der Waals surface area contributed by atoms with Crippen LogP contribution in [0.4, 0.5) is 0 Å². The van der Waals surface area contributed by atoms with Crippen molar-refractivity contribution in [2.45, 2.75) is 51.8 Å². The molecule has 0 aromatic carbocycles. The number of rotatable bonds is 5. The van der Waals surface area contributed by atoms with Gasteiger partial charge in [0, 0.05) is 24.8 Å². The van der Waals surface area contributed by atoms with Crippen LogP contribution in [-0.2, 0) is 13.1 Å². The largest absolute Gasteiger partial charge is 0.393 e. The molecule has 0 aliphatic heterocycles. The highest BCUT2D eigenvalue weighted by Crippen LogP contribution is 2.23. The average molecular weight is 237 g/mol. The van der Waals surface area contributed by atoms with E-state index in [1.807, 2.05) is 10.9 Å². The van der Waals surface area contributed by atoms with Crippen LogP contribution in [0.15, 0.2) is 12.4 Å². The van der Waals surface area contributed by atoms with E-state index in [1.165, 1.54) is 18.4 Å². The zero-order chi connectivity index (χ0) is 12.1. The molecular weight excluding hydrogens is 214 g/mol. The first-order valence-electron chi connectivity index (χ1n) is 6.68. The Hall–Kier alpha value is -0.870. The molecule has 1 heterocycles. The minimum atomic E-state index is -0.0709. The van der Waals surface area contributed by atoms with Crippen LogP contribution < -0.4 is 5.32 Å². The van der Waals surface area contributed by atoms with Gasteiger partial charge in [-0.25, -0.2) is 0 Å².